The molecule has 3 aromatic heterocycles. The van der Waals surface area contributed by atoms with Crippen LogP contribution in [0.2, 0.25) is 0 Å². The Hall–Kier alpha value is -3.74. The van der Waals surface area contributed by atoms with E-state index in [9.17, 15) is 22.8 Å². The van der Waals surface area contributed by atoms with E-state index in [0.717, 1.165) is 48.8 Å². The first kappa shape index (κ1) is 27.4. The number of imidazole rings is 1. The Labute approximate surface area is 239 Å². The summed E-state index contributed by atoms with van der Waals surface area (Å²) < 4.78 is 42.9. The van der Waals surface area contributed by atoms with E-state index in [1.54, 1.807) is 33.8 Å². The predicted molar refractivity (Wildman–Crippen MR) is 150 cm³/mol. The Morgan fingerprint density at radius 1 is 1.05 bits per heavy atom. The van der Waals surface area contributed by atoms with E-state index >= 15 is 0 Å². The molecule has 2 amide bonds. The molecule has 0 spiro atoms. The summed E-state index contributed by atoms with van der Waals surface area (Å²) in [4.78, 5) is 38.2. The largest absolute Gasteiger partial charge is 0.416 e. The van der Waals surface area contributed by atoms with Crippen LogP contribution in [0.5, 0.6) is 0 Å². The van der Waals surface area contributed by atoms with Gasteiger partial charge in [-0.05, 0) is 61.0 Å². The molecule has 4 aromatic rings. The molecular formula is C29H29F3N6O2S. The highest BCUT2D eigenvalue weighted by atomic mass is 32.1. The summed E-state index contributed by atoms with van der Waals surface area (Å²) in [6, 6.07) is 11.0. The van der Waals surface area contributed by atoms with E-state index in [4.69, 9.17) is 0 Å². The first-order valence-electron chi connectivity index (χ1n) is 13.4. The zero-order valence-electron chi connectivity index (χ0n) is 22.4. The van der Waals surface area contributed by atoms with Gasteiger partial charge in [0.15, 0.2) is 0 Å². The van der Waals surface area contributed by atoms with Gasteiger partial charge < -0.3 is 15.1 Å². The van der Waals surface area contributed by atoms with Crippen LogP contribution in [-0.4, -0.2) is 75.7 Å². The fourth-order valence-electron chi connectivity index (χ4n) is 5.35. The minimum absolute atomic E-state index is 0.115. The number of likely N-dealkylation sites (N-methyl/N-ethyl adjacent to an activating group) is 1. The van der Waals surface area contributed by atoms with Crippen LogP contribution in [0.4, 0.5) is 18.9 Å². The second-order valence-corrected chi connectivity index (χ2v) is 11.7. The molecule has 6 rings (SSSR count). The average Bonchev–Trinajstić information content (AvgIpc) is 3.58. The summed E-state index contributed by atoms with van der Waals surface area (Å²) in [6.07, 6.45) is -0.583. The summed E-state index contributed by atoms with van der Waals surface area (Å²) in [5.41, 5.74) is 1.86. The molecule has 1 N–H and O–H groups in total. The number of piperazine rings is 1. The molecule has 2 aliphatic heterocycles. The fraction of sp³-hybridized carbons (Fsp3) is 0.345. The van der Waals surface area contributed by atoms with Gasteiger partial charge in [0.25, 0.3) is 11.8 Å². The number of hydrogen-bond donors (Lipinski definition) is 1. The second-order valence-electron chi connectivity index (χ2n) is 10.6. The SMILES string of the molecule is CN1CCN(Cc2cc(NC(=O)c3cc4c(s3)CCN(C(=O)c3cnc5ccccn35)C4)cc(C(F)(F)F)c2)CC1. The van der Waals surface area contributed by atoms with Gasteiger partial charge in [-0.25, -0.2) is 4.98 Å². The summed E-state index contributed by atoms with van der Waals surface area (Å²) in [7, 11) is 2.02. The first-order chi connectivity index (χ1) is 19.6. The molecule has 12 heteroatoms. The Morgan fingerprint density at radius 2 is 1.85 bits per heavy atom. The van der Waals surface area contributed by atoms with Gasteiger partial charge in [0.1, 0.15) is 11.3 Å². The van der Waals surface area contributed by atoms with Crippen molar-refractivity contribution in [3.63, 3.8) is 0 Å². The normalized spacial score (nSPS) is 16.6. The third-order valence-electron chi connectivity index (χ3n) is 7.59. The van der Waals surface area contributed by atoms with Gasteiger partial charge in [-0.2, -0.15) is 13.2 Å². The molecule has 8 nitrogen and oxygen atoms in total. The van der Waals surface area contributed by atoms with Crippen LogP contribution in [0.1, 0.15) is 41.7 Å². The molecule has 0 aliphatic carbocycles. The number of carbonyl (C=O) groups excluding carboxylic acids is 2. The van der Waals surface area contributed by atoms with Crippen molar-refractivity contribution in [3.05, 3.63) is 87.0 Å². The lowest BCUT2D eigenvalue weighted by molar-refractivity contribution is -0.137. The lowest BCUT2D eigenvalue weighted by Crippen LogP contribution is -2.43. The van der Waals surface area contributed by atoms with Gasteiger partial charge >= 0.3 is 6.18 Å². The summed E-state index contributed by atoms with van der Waals surface area (Å²) in [5, 5.41) is 2.69. The molecule has 0 bridgehead atoms. The van der Waals surface area contributed by atoms with Crippen LogP contribution in [0.3, 0.4) is 0 Å². The summed E-state index contributed by atoms with van der Waals surface area (Å²) >= 11 is 1.32. The monoisotopic (exact) mass is 582 g/mol. The number of anilines is 1. The van der Waals surface area contributed by atoms with Crippen molar-refractivity contribution in [1.29, 1.82) is 0 Å². The molecule has 0 radical (unpaired) electrons. The Bertz CT molecular complexity index is 1610. The summed E-state index contributed by atoms with van der Waals surface area (Å²) in [5.74, 6) is -0.614. The number of hydrogen-bond acceptors (Lipinski definition) is 6. The number of fused-ring (bicyclic) bond motifs is 2. The van der Waals surface area contributed by atoms with Crippen LogP contribution < -0.4 is 5.32 Å². The number of alkyl halides is 3. The molecule has 1 saturated heterocycles. The van der Waals surface area contributed by atoms with Crippen LogP contribution in [0.25, 0.3) is 5.65 Å². The minimum atomic E-state index is -4.53. The zero-order valence-corrected chi connectivity index (χ0v) is 23.3. The third-order valence-corrected chi connectivity index (χ3v) is 8.83. The molecule has 41 heavy (non-hydrogen) atoms. The number of halogens is 3. The molecule has 214 valence electrons. The molecule has 2 aliphatic rings. The van der Waals surface area contributed by atoms with E-state index in [1.165, 1.54) is 11.3 Å². The van der Waals surface area contributed by atoms with Crippen LogP contribution in [0.15, 0.2) is 54.9 Å². The number of nitrogens with zero attached hydrogens (tertiary/aromatic N) is 5. The highest BCUT2D eigenvalue weighted by Gasteiger charge is 2.32. The highest BCUT2D eigenvalue weighted by molar-refractivity contribution is 7.14. The maximum Gasteiger partial charge on any atom is 0.416 e. The number of thiophene rings is 1. The van der Waals surface area contributed by atoms with Crippen LogP contribution in [0, 0.1) is 0 Å². The van der Waals surface area contributed by atoms with Crippen molar-refractivity contribution in [2.24, 2.45) is 0 Å². The zero-order chi connectivity index (χ0) is 28.7. The minimum Gasteiger partial charge on any atom is -0.333 e. The topological polar surface area (TPSA) is 73.2 Å². The van der Waals surface area contributed by atoms with Crippen LogP contribution in [-0.2, 0) is 25.7 Å². The number of rotatable bonds is 5. The average molecular weight is 583 g/mol. The molecule has 1 aromatic carbocycles. The maximum atomic E-state index is 13.7. The Balaban J connectivity index is 1.17. The van der Waals surface area contributed by atoms with Gasteiger partial charge in [0, 0.05) is 62.6 Å². The van der Waals surface area contributed by atoms with E-state index < -0.39 is 17.6 Å². The predicted octanol–water partition coefficient (Wildman–Crippen LogP) is 4.61. The van der Waals surface area contributed by atoms with Crippen molar-refractivity contribution < 1.29 is 22.8 Å². The molecule has 0 unspecified atom stereocenters. The first-order valence-corrected chi connectivity index (χ1v) is 14.2. The number of aromatic nitrogens is 2. The van der Waals surface area contributed by atoms with Gasteiger partial charge in [-0.15, -0.1) is 11.3 Å². The Morgan fingerprint density at radius 3 is 2.63 bits per heavy atom. The van der Waals surface area contributed by atoms with Gasteiger partial charge in [-0.3, -0.25) is 18.9 Å². The molecule has 0 saturated carbocycles. The number of amides is 2. The second kappa shape index (κ2) is 10.9. The van der Waals surface area contributed by atoms with Gasteiger partial charge in [0.05, 0.1) is 16.6 Å². The van der Waals surface area contributed by atoms with Crippen molar-refractivity contribution >= 4 is 34.5 Å². The number of benzene rings is 1. The van der Waals surface area contributed by atoms with Crippen molar-refractivity contribution in [2.75, 3.05) is 45.1 Å². The number of nitrogens with one attached hydrogen (secondary N) is 1. The molecule has 0 atom stereocenters. The van der Waals surface area contributed by atoms with Crippen LogP contribution >= 0.6 is 11.3 Å². The van der Waals surface area contributed by atoms with Gasteiger partial charge in [0.2, 0.25) is 0 Å². The molecule has 5 heterocycles. The molecular weight excluding hydrogens is 553 g/mol. The number of carbonyl (C=O) groups is 2. The number of pyridine rings is 1. The van der Waals surface area contributed by atoms with Gasteiger partial charge in [-0.1, -0.05) is 6.07 Å². The van der Waals surface area contributed by atoms with E-state index in [1.807, 2.05) is 25.2 Å². The third kappa shape index (κ3) is 5.85. The standard InChI is InChI=1S/C29H29F3N6O2S/c1-35-8-10-36(11-9-35)17-19-12-21(29(30,31)32)15-22(13-19)34-27(39)25-14-20-18-37(7-5-24(20)41-25)28(40)23-16-33-26-4-2-3-6-38(23)26/h2-4,6,12-16H,5,7-11,17-18H2,1H3,(H,34,39). The van der Waals surface area contributed by atoms with Crippen molar-refractivity contribution in [1.82, 2.24) is 24.1 Å². The Kier molecular flexibility index (Phi) is 7.30. The molecule has 1 fully saturated rings. The van der Waals surface area contributed by atoms with E-state index in [-0.39, 0.29) is 11.6 Å². The quantitative estimate of drug-likeness (QED) is 0.372. The summed E-state index contributed by atoms with van der Waals surface area (Å²) in [6.45, 7) is 4.47. The van der Waals surface area contributed by atoms with E-state index in [2.05, 4.69) is 20.1 Å². The lowest BCUT2D eigenvalue weighted by Gasteiger charge is -2.32. The fourth-order valence-corrected chi connectivity index (χ4v) is 6.41. The maximum absolute atomic E-state index is 13.7. The van der Waals surface area contributed by atoms with Crippen molar-refractivity contribution in [3.8, 4) is 0 Å². The van der Waals surface area contributed by atoms with E-state index in [0.29, 0.717) is 47.8 Å². The smallest absolute Gasteiger partial charge is 0.333 e. The highest BCUT2D eigenvalue weighted by Crippen LogP contribution is 2.34. The van der Waals surface area contributed by atoms with Crippen molar-refractivity contribution in [2.45, 2.75) is 25.7 Å². The lowest BCUT2D eigenvalue weighted by atomic mass is 10.1.